The van der Waals surface area contributed by atoms with Crippen LogP contribution in [-0.4, -0.2) is 30.1 Å². The van der Waals surface area contributed by atoms with Gasteiger partial charge in [0.15, 0.2) is 6.10 Å². The third-order valence-corrected chi connectivity index (χ3v) is 4.24. The first-order chi connectivity index (χ1) is 11.9. The number of hydrogen-bond acceptors (Lipinski definition) is 3. The Kier molecular flexibility index (Phi) is 6.31. The molecule has 0 aliphatic carbocycles. The zero-order chi connectivity index (χ0) is 18.4. The van der Waals surface area contributed by atoms with Gasteiger partial charge in [0.25, 0.3) is 5.91 Å². The zero-order valence-corrected chi connectivity index (χ0v) is 14.7. The van der Waals surface area contributed by atoms with Gasteiger partial charge in [-0.3, -0.25) is 4.79 Å². The number of aliphatic carboxylic acids is 1. The van der Waals surface area contributed by atoms with Crippen molar-refractivity contribution in [3.05, 3.63) is 70.8 Å². The first-order valence-corrected chi connectivity index (χ1v) is 8.10. The molecule has 0 fully saturated rings. The van der Waals surface area contributed by atoms with Crippen molar-refractivity contribution in [3.63, 3.8) is 0 Å². The Balaban J connectivity index is 2.18. The fraction of sp³-hybridized carbons (Fsp3) is 0.300. The first-order valence-electron chi connectivity index (χ1n) is 8.10. The van der Waals surface area contributed by atoms with Crippen LogP contribution in [-0.2, 0) is 20.7 Å². The van der Waals surface area contributed by atoms with Crippen LogP contribution in [0.3, 0.4) is 0 Å². The minimum Gasteiger partial charge on any atom is -0.480 e. The lowest BCUT2D eigenvalue weighted by molar-refractivity contribution is -0.144. The second-order valence-corrected chi connectivity index (χ2v) is 6.00. The van der Waals surface area contributed by atoms with Gasteiger partial charge in [-0.2, -0.15) is 0 Å². The number of nitrogens with one attached hydrogen (secondary N) is 1. The van der Waals surface area contributed by atoms with E-state index in [2.05, 4.69) is 5.32 Å². The van der Waals surface area contributed by atoms with Crippen LogP contribution >= 0.6 is 0 Å². The van der Waals surface area contributed by atoms with Crippen LogP contribution < -0.4 is 5.32 Å². The lowest BCUT2D eigenvalue weighted by Gasteiger charge is -2.21. The van der Waals surface area contributed by atoms with Crippen molar-refractivity contribution in [1.82, 2.24) is 5.32 Å². The summed E-state index contributed by atoms with van der Waals surface area (Å²) in [7, 11) is 1.43. The summed E-state index contributed by atoms with van der Waals surface area (Å²) >= 11 is 0. The first kappa shape index (κ1) is 18.7. The monoisotopic (exact) mass is 341 g/mol. The van der Waals surface area contributed by atoms with Gasteiger partial charge in [-0.05, 0) is 36.1 Å². The number of ether oxygens (including phenoxy) is 1. The van der Waals surface area contributed by atoms with Gasteiger partial charge in [0, 0.05) is 13.5 Å². The fourth-order valence-corrected chi connectivity index (χ4v) is 2.84. The maximum atomic E-state index is 12.6. The molecule has 0 saturated heterocycles. The van der Waals surface area contributed by atoms with Crippen molar-refractivity contribution in [2.24, 2.45) is 0 Å². The molecule has 1 amide bonds. The molecule has 25 heavy (non-hydrogen) atoms. The maximum Gasteiger partial charge on any atom is 0.326 e. The third kappa shape index (κ3) is 4.67. The summed E-state index contributed by atoms with van der Waals surface area (Å²) in [6, 6.07) is 13.8. The standard InChI is InChI=1S/C20H23NO4/c1-13-8-7-9-14(2)16(13)12-17(20(23)24)21-19(22)18(25-3)15-10-5-4-6-11-15/h4-11,17-18H,12H2,1-3H3,(H,21,22)(H,23,24)/t17-,18+/m1/s1. The molecule has 5 heteroatoms. The molecule has 2 aromatic rings. The van der Waals surface area contributed by atoms with Gasteiger partial charge < -0.3 is 15.2 Å². The van der Waals surface area contributed by atoms with Crippen LogP contribution in [0.15, 0.2) is 48.5 Å². The quantitative estimate of drug-likeness (QED) is 0.812. The van der Waals surface area contributed by atoms with Crippen LogP contribution in [0, 0.1) is 13.8 Å². The predicted octanol–water partition coefficient (Wildman–Crippen LogP) is 2.80. The summed E-state index contributed by atoms with van der Waals surface area (Å²) in [4.78, 5) is 24.2. The van der Waals surface area contributed by atoms with Crippen molar-refractivity contribution in [3.8, 4) is 0 Å². The van der Waals surface area contributed by atoms with Gasteiger partial charge in [-0.1, -0.05) is 48.5 Å². The molecule has 0 unspecified atom stereocenters. The second-order valence-electron chi connectivity index (χ2n) is 6.00. The Morgan fingerprint density at radius 1 is 1.04 bits per heavy atom. The van der Waals surface area contributed by atoms with Crippen molar-refractivity contribution in [1.29, 1.82) is 0 Å². The molecule has 5 nitrogen and oxygen atoms in total. The van der Waals surface area contributed by atoms with E-state index in [1.807, 2.05) is 38.1 Å². The molecule has 2 N–H and O–H groups in total. The van der Waals surface area contributed by atoms with E-state index in [1.54, 1.807) is 24.3 Å². The fourth-order valence-electron chi connectivity index (χ4n) is 2.84. The summed E-state index contributed by atoms with van der Waals surface area (Å²) in [5, 5.41) is 12.1. The second kappa shape index (κ2) is 8.44. The summed E-state index contributed by atoms with van der Waals surface area (Å²) in [6.07, 6.45) is -0.619. The summed E-state index contributed by atoms with van der Waals surface area (Å²) in [6.45, 7) is 3.87. The lowest BCUT2D eigenvalue weighted by atomic mass is 9.96. The van der Waals surface area contributed by atoms with Gasteiger partial charge in [-0.15, -0.1) is 0 Å². The molecular formula is C20H23NO4. The predicted molar refractivity (Wildman–Crippen MR) is 95.4 cm³/mol. The molecule has 0 spiro atoms. The van der Waals surface area contributed by atoms with E-state index in [0.717, 1.165) is 16.7 Å². The van der Waals surface area contributed by atoms with Gasteiger partial charge in [0.1, 0.15) is 6.04 Å². The van der Waals surface area contributed by atoms with Gasteiger partial charge >= 0.3 is 5.97 Å². The van der Waals surface area contributed by atoms with Crippen LogP contribution in [0.1, 0.15) is 28.4 Å². The minimum absolute atomic E-state index is 0.227. The number of aryl methyl sites for hydroxylation is 2. The van der Waals surface area contributed by atoms with Crippen molar-refractivity contribution >= 4 is 11.9 Å². The average molecular weight is 341 g/mol. The molecule has 0 bridgehead atoms. The largest absolute Gasteiger partial charge is 0.480 e. The average Bonchev–Trinajstić information content (AvgIpc) is 2.58. The summed E-state index contributed by atoms with van der Waals surface area (Å²) in [5.74, 6) is -1.54. The smallest absolute Gasteiger partial charge is 0.326 e. The number of methoxy groups -OCH3 is 1. The van der Waals surface area contributed by atoms with Crippen LogP contribution in [0.25, 0.3) is 0 Å². The third-order valence-electron chi connectivity index (χ3n) is 4.24. The van der Waals surface area contributed by atoms with Crippen molar-refractivity contribution in [2.75, 3.05) is 7.11 Å². The summed E-state index contributed by atoms with van der Waals surface area (Å²) in [5.41, 5.74) is 3.63. The molecule has 2 rings (SSSR count). The number of carbonyl (C=O) groups excluding carboxylic acids is 1. The Labute approximate surface area is 147 Å². The van der Waals surface area contributed by atoms with E-state index in [-0.39, 0.29) is 6.42 Å². The molecule has 0 aliphatic heterocycles. The lowest BCUT2D eigenvalue weighted by Crippen LogP contribution is -2.45. The molecule has 0 radical (unpaired) electrons. The molecule has 2 aromatic carbocycles. The zero-order valence-electron chi connectivity index (χ0n) is 14.7. The van der Waals surface area contributed by atoms with E-state index >= 15 is 0 Å². The van der Waals surface area contributed by atoms with Gasteiger partial charge in [0.2, 0.25) is 0 Å². The minimum atomic E-state index is -1.07. The number of carbonyl (C=O) groups is 2. The Bertz CT molecular complexity index is 722. The molecule has 2 atom stereocenters. The highest BCUT2D eigenvalue weighted by atomic mass is 16.5. The number of hydrogen-bond donors (Lipinski definition) is 2. The van der Waals surface area contributed by atoms with E-state index in [9.17, 15) is 14.7 Å². The highest BCUT2D eigenvalue weighted by Gasteiger charge is 2.27. The van der Waals surface area contributed by atoms with E-state index in [0.29, 0.717) is 5.56 Å². The molecule has 0 aliphatic rings. The van der Waals surface area contributed by atoms with Crippen LogP contribution in [0.2, 0.25) is 0 Å². The van der Waals surface area contributed by atoms with Gasteiger partial charge in [-0.25, -0.2) is 4.79 Å². The normalized spacial score (nSPS) is 13.1. The number of carboxylic acid groups (broad SMARTS) is 1. The highest BCUT2D eigenvalue weighted by molar-refractivity contribution is 5.87. The highest BCUT2D eigenvalue weighted by Crippen LogP contribution is 2.19. The van der Waals surface area contributed by atoms with E-state index in [4.69, 9.17) is 4.74 Å². The number of benzene rings is 2. The maximum absolute atomic E-state index is 12.6. The van der Waals surface area contributed by atoms with E-state index < -0.39 is 24.0 Å². The molecule has 0 aromatic heterocycles. The number of carboxylic acids is 1. The van der Waals surface area contributed by atoms with Crippen LogP contribution in [0.5, 0.6) is 0 Å². The number of amides is 1. The topological polar surface area (TPSA) is 75.6 Å². The van der Waals surface area contributed by atoms with Crippen LogP contribution in [0.4, 0.5) is 0 Å². The van der Waals surface area contributed by atoms with Crippen molar-refractivity contribution < 1.29 is 19.4 Å². The van der Waals surface area contributed by atoms with Crippen molar-refractivity contribution in [2.45, 2.75) is 32.4 Å². The van der Waals surface area contributed by atoms with Gasteiger partial charge in [0.05, 0.1) is 0 Å². The Morgan fingerprint density at radius 3 is 2.16 bits per heavy atom. The number of rotatable bonds is 7. The Morgan fingerprint density at radius 2 is 1.64 bits per heavy atom. The molecule has 132 valence electrons. The summed E-state index contributed by atoms with van der Waals surface area (Å²) < 4.78 is 5.27. The SMILES string of the molecule is CO[C@H](C(=O)N[C@H](Cc1c(C)cccc1C)C(=O)O)c1ccccc1. The Hall–Kier alpha value is -2.66. The van der Waals surface area contributed by atoms with E-state index in [1.165, 1.54) is 7.11 Å². The molecular weight excluding hydrogens is 318 g/mol. The molecule has 0 saturated carbocycles. The molecule has 0 heterocycles.